The Morgan fingerprint density at radius 2 is 1.79 bits per heavy atom. The third kappa shape index (κ3) is 4.15. The summed E-state index contributed by atoms with van der Waals surface area (Å²) in [6.45, 7) is 0. The fraction of sp³-hybridized carbons (Fsp3) is 0.118. The first-order valence-electron chi connectivity index (χ1n) is 7.82. The molecule has 0 bridgehead atoms. The zero-order chi connectivity index (χ0) is 20.5. The molecule has 28 heavy (non-hydrogen) atoms. The molecule has 148 valence electrons. The van der Waals surface area contributed by atoms with Gasteiger partial charge in [0.25, 0.3) is 10.0 Å². The summed E-state index contributed by atoms with van der Waals surface area (Å²) in [7, 11) is -6.30. The van der Waals surface area contributed by atoms with E-state index in [0.29, 0.717) is 0 Å². The van der Waals surface area contributed by atoms with Crippen LogP contribution in [0.2, 0.25) is 0 Å². The summed E-state index contributed by atoms with van der Waals surface area (Å²) in [5.41, 5.74) is 0.234. The van der Waals surface area contributed by atoms with Crippen LogP contribution in [0.4, 0.5) is 15.8 Å². The van der Waals surface area contributed by atoms with Crippen LogP contribution in [0.3, 0.4) is 0 Å². The number of ether oxygens (including phenoxy) is 1. The lowest BCUT2D eigenvalue weighted by atomic mass is 10.2. The average Bonchev–Trinajstić information content (AvgIpc) is 2.62. The van der Waals surface area contributed by atoms with Gasteiger partial charge in [-0.15, -0.1) is 0 Å². The highest BCUT2D eigenvalue weighted by Crippen LogP contribution is 2.31. The molecule has 0 saturated carbocycles. The summed E-state index contributed by atoms with van der Waals surface area (Å²) >= 11 is 0. The SMILES string of the molecule is COc1cc(NS(=O)(=O)c2ccc(F)c3ncccc23)ccc1NS(C)(=O)=O. The van der Waals surface area contributed by atoms with Gasteiger partial charge in [0.05, 0.1) is 29.6 Å². The molecule has 1 aromatic heterocycles. The molecule has 0 aliphatic carbocycles. The maximum absolute atomic E-state index is 13.9. The number of anilines is 2. The normalized spacial score (nSPS) is 12.0. The molecule has 0 saturated heterocycles. The summed E-state index contributed by atoms with van der Waals surface area (Å²) in [5, 5.41) is 0.136. The number of rotatable bonds is 6. The lowest BCUT2D eigenvalue weighted by molar-refractivity contribution is 0.417. The van der Waals surface area contributed by atoms with Crippen LogP contribution in [-0.4, -0.2) is 35.2 Å². The quantitative estimate of drug-likeness (QED) is 0.627. The second kappa shape index (κ2) is 7.24. The lowest BCUT2D eigenvalue weighted by Gasteiger charge is -2.14. The highest BCUT2D eigenvalue weighted by molar-refractivity contribution is 7.93. The number of hydrogen-bond acceptors (Lipinski definition) is 6. The first kappa shape index (κ1) is 19.8. The van der Waals surface area contributed by atoms with Crippen LogP contribution in [0.25, 0.3) is 10.9 Å². The van der Waals surface area contributed by atoms with Crippen molar-refractivity contribution in [2.24, 2.45) is 0 Å². The van der Waals surface area contributed by atoms with Crippen molar-refractivity contribution < 1.29 is 26.0 Å². The van der Waals surface area contributed by atoms with Crippen LogP contribution in [0.1, 0.15) is 0 Å². The van der Waals surface area contributed by atoms with Gasteiger partial charge < -0.3 is 4.74 Å². The Balaban J connectivity index is 2.01. The van der Waals surface area contributed by atoms with Crippen molar-refractivity contribution in [3.63, 3.8) is 0 Å². The van der Waals surface area contributed by atoms with Gasteiger partial charge in [0.15, 0.2) is 0 Å². The molecule has 0 fully saturated rings. The molecule has 11 heteroatoms. The second-order valence-corrected chi connectivity index (χ2v) is 9.24. The molecule has 1 heterocycles. The first-order chi connectivity index (χ1) is 13.1. The molecule has 0 radical (unpaired) electrons. The predicted octanol–water partition coefficient (Wildman–Crippen LogP) is 2.55. The van der Waals surface area contributed by atoms with Crippen LogP contribution in [0, 0.1) is 5.82 Å². The number of benzene rings is 2. The third-order valence-corrected chi connectivity index (χ3v) is 5.75. The van der Waals surface area contributed by atoms with E-state index < -0.39 is 25.9 Å². The Labute approximate surface area is 161 Å². The summed E-state index contributed by atoms with van der Waals surface area (Å²) in [5.74, 6) is -0.510. The van der Waals surface area contributed by atoms with Crippen molar-refractivity contribution in [2.45, 2.75) is 4.90 Å². The van der Waals surface area contributed by atoms with Gasteiger partial charge in [-0.1, -0.05) is 0 Å². The van der Waals surface area contributed by atoms with Gasteiger partial charge in [-0.3, -0.25) is 14.4 Å². The molecule has 2 aromatic carbocycles. The minimum absolute atomic E-state index is 0.0596. The molecular formula is C17H16FN3O5S2. The average molecular weight is 425 g/mol. The van der Waals surface area contributed by atoms with Crippen molar-refractivity contribution in [3.05, 3.63) is 54.5 Å². The molecule has 0 aliphatic rings. The molecule has 0 unspecified atom stereocenters. The first-order valence-corrected chi connectivity index (χ1v) is 11.2. The van der Waals surface area contributed by atoms with Crippen LogP contribution in [-0.2, 0) is 20.0 Å². The maximum atomic E-state index is 13.9. The standard InChI is InChI=1S/C17H16FN3O5S2/c1-26-15-10-11(5-7-14(15)21-27(2,22)23)20-28(24,25)16-8-6-13(18)17-12(16)4-3-9-19-17/h3-10,20-21H,1-2H3. The van der Waals surface area contributed by atoms with Crippen molar-refractivity contribution >= 4 is 42.3 Å². The smallest absolute Gasteiger partial charge is 0.262 e. The number of nitrogens with one attached hydrogen (secondary N) is 2. The van der Waals surface area contributed by atoms with Gasteiger partial charge in [0, 0.05) is 17.6 Å². The number of hydrogen-bond donors (Lipinski definition) is 2. The summed E-state index contributed by atoms with van der Waals surface area (Å²) in [4.78, 5) is 3.74. The number of halogens is 1. The number of methoxy groups -OCH3 is 1. The molecule has 8 nitrogen and oxygen atoms in total. The van der Waals surface area contributed by atoms with E-state index in [4.69, 9.17) is 4.74 Å². The molecule has 0 spiro atoms. The topological polar surface area (TPSA) is 114 Å². The summed E-state index contributed by atoms with van der Waals surface area (Å²) in [6, 6.07) is 9.21. The van der Waals surface area contributed by atoms with Crippen LogP contribution in [0.5, 0.6) is 5.75 Å². The monoisotopic (exact) mass is 425 g/mol. The van der Waals surface area contributed by atoms with Crippen molar-refractivity contribution in [2.75, 3.05) is 22.8 Å². The van der Waals surface area contributed by atoms with E-state index in [1.165, 1.54) is 43.6 Å². The zero-order valence-electron chi connectivity index (χ0n) is 14.8. The molecule has 3 rings (SSSR count). The molecule has 3 aromatic rings. The fourth-order valence-electron chi connectivity index (χ4n) is 2.60. The lowest BCUT2D eigenvalue weighted by Crippen LogP contribution is -2.14. The molecule has 0 amide bonds. The van der Waals surface area contributed by atoms with E-state index in [0.717, 1.165) is 18.4 Å². The van der Waals surface area contributed by atoms with Crippen LogP contribution < -0.4 is 14.2 Å². The van der Waals surface area contributed by atoms with Crippen molar-refractivity contribution in [3.8, 4) is 5.75 Å². The van der Waals surface area contributed by atoms with Gasteiger partial charge >= 0.3 is 0 Å². The number of aromatic nitrogens is 1. The Hall–Kier alpha value is -2.92. The number of nitrogens with zero attached hydrogens (tertiary/aromatic N) is 1. The van der Waals surface area contributed by atoms with E-state index >= 15 is 0 Å². The largest absolute Gasteiger partial charge is 0.494 e. The summed E-state index contributed by atoms with van der Waals surface area (Å²) < 4.78 is 72.1. The minimum Gasteiger partial charge on any atom is -0.494 e. The van der Waals surface area contributed by atoms with Gasteiger partial charge in [0.1, 0.15) is 17.1 Å². The zero-order valence-corrected chi connectivity index (χ0v) is 16.4. The fourth-order valence-corrected chi connectivity index (χ4v) is 4.41. The predicted molar refractivity (Wildman–Crippen MR) is 104 cm³/mol. The Morgan fingerprint density at radius 1 is 1.04 bits per heavy atom. The maximum Gasteiger partial charge on any atom is 0.262 e. The van der Waals surface area contributed by atoms with Gasteiger partial charge in [-0.2, -0.15) is 0 Å². The molecule has 0 atom stereocenters. The Morgan fingerprint density at radius 3 is 2.46 bits per heavy atom. The van der Waals surface area contributed by atoms with Gasteiger partial charge in [-0.05, 0) is 36.4 Å². The van der Waals surface area contributed by atoms with E-state index in [2.05, 4.69) is 14.4 Å². The van der Waals surface area contributed by atoms with Gasteiger partial charge in [0.2, 0.25) is 10.0 Å². The molecule has 2 N–H and O–H groups in total. The van der Waals surface area contributed by atoms with Crippen LogP contribution >= 0.6 is 0 Å². The van der Waals surface area contributed by atoms with E-state index in [-0.39, 0.29) is 32.9 Å². The number of fused-ring (bicyclic) bond motifs is 1. The van der Waals surface area contributed by atoms with E-state index in [1.807, 2.05) is 0 Å². The highest BCUT2D eigenvalue weighted by atomic mass is 32.2. The summed E-state index contributed by atoms with van der Waals surface area (Å²) in [6.07, 6.45) is 2.35. The van der Waals surface area contributed by atoms with E-state index in [9.17, 15) is 21.2 Å². The Bertz CT molecular complexity index is 1260. The van der Waals surface area contributed by atoms with Crippen molar-refractivity contribution in [1.82, 2.24) is 4.98 Å². The second-order valence-electron chi connectivity index (χ2n) is 5.84. The molecular weight excluding hydrogens is 409 g/mol. The number of pyridine rings is 1. The molecule has 0 aliphatic heterocycles. The Kier molecular flexibility index (Phi) is 5.13. The van der Waals surface area contributed by atoms with E-state index in [1.54, 1.807) is 0 Å². The highest BCUT2D eigenvalue weighted by Gasteiger charge is 2.20. The third-order valence-electron chi connectivity index (χ3n) is 3.72. The van der Waals surface area contributed by atoms with Crippen molar-refractivity contribution in [1.29, 1.82) is 0 Å². The number of sulfonamides is 2. The van der Waals surface area contributed by atoms with Crippen LogP contribution in [0.15, 0.2) is 53.6 Å². The minimum atomic E-state index is -4.08. The van der Waals surface area contributed by atoms with Gasteiger partial charge in [-0.25, -0.2) is 21.2 Å².